The molecule has 0 spiro atoms. The molecule has 0 saturated heterocycles. The van der Waals surface area contributed by atoms with Gasteiger partial charge in [-0.25, -0.2) is 0 Å². The quantitative estimate of drug-likeness (QED) is 0.494. The van der Waals surface area contributed by atoms with Crippen molar-refractivity contribution in [3.05, 3.63) is 66.5 Å². The number of rotatable bonds is 6. The summed E-state index contributed by atoms with van der Waals surface area (Å²) in [4.78, 5) is 10.0. The summed E-state index contributed by atoms with van der Waals surface area (Å²) in [5, 5.41) is 4.94. The van der Waals surface area contributed by atoms with E-state index >= 15 is 0 Å². The molecule has 3 aromatic rings. The van der Waals surface area contributed by atoms with E-state index in [1.54, 1.807) is 36.4 Å². The van der Waals surface area contributed by atoms with Crippen LogP contribution in [0, 0.1) is 0 Å². The van der Waals surface area contributed by atoms with Crippen molar-refractivity contribution in [1.82, 2.24) is 15.0 Å². The maximum Gasteiger partial charge on any atom is 0.460 e. The van der Waals surface area contributed by atoms with Crippen LogP contribution in [-0.4, -0.2) is 27.1 Å². The Labute approximate surface area is 165 Å². The number of anilines is 4. The lowest BCUT2D eigenvalue weighted by Crippen LogP contribution is -2.50. The van der Waals surface area contributed by atoms with Gasteiger partial charge in [0.15, 0.2) is 0 Å². The molecule has 1 heterocycles. The molecule has 0 unspecified atom stereocenters. The Morgan fingerprint density at radius 2 is 0.967 bits per heavy atom. The number of halogens is 7. The van der Waals surface area contributed by atoms with Crippen molar-refractivity contribution in [2.75, 3.05) is 10.6 Å². The molecular weight excluding hydrogens is 419 g/mol. The van der Waals surface area contributed by atoms with E-state index in [0.29, 0.717) is 0 Å². The Bertz CT molecular complexity index is 935. The summed E-state index contributed by atoms with van der Waals surface area (Å²) in [7, 11) is 0. The Kier molecular flexibility index (Phi) is 5.51. The summed E-state index contributed by atoms with van der Waals surface area (Å²) in [5.74, 6) is -15.5. The van der Waals surface area contributed by atoms with Gasteiger partial charge < -0.3 is 10.6 Å². The van der Waals surface area contributed by atoms with Gasteiger partial charge in [-0.05, 0) is 24.3 Å². The van der Waals surface area contributed by atoms with Crippen LogP contribution in [0.15, 0.2) is 60.7 Å². The zero-order chi connectivity index (χ0) is 22.0. The first-order valence-corrected chi connectivity index (χ1v) is 8.24. The molecule has 0 aliphatic heterocycles. The number of hydrogen-bond donors (Lipinski definition) is 2. The fourth-order valence-corrected chi connectivity index (χ4v) is 2.25. The average Bonchev–Trinajstić information content (AvgIpc) is 2.68. The molecule has 12 heteroatoms. The van der Waals surface area contributed by atoms with Gasteiger partial charge in [-0.3, -0.25) is 0 Å². The highest BCUT2D eigenvalue weighted by Crippen LogP contribution is 2.51. The molecule has 30 heavy (non-hydrogen) atoms. The third-order valence-electron chi connectivity index (χ3n) is 3.73. The zero-order valence-corrected chi connectivity index (χ0v) is 14.8. The Morgan fingerprint density at radius 1 is 0.567 bits per heavy atom. The lowest BCUT2D eigenvalue weighted by atomic mass is 10.1. The molecule has 0 fully saturated rings. The fourth-order valence-electron chi connectivity index (χ4n) is 2.25. The minimum atomic E-state index is -6.52. The van der Waals surface area contributed by atoms with E-state index in [1.165, 1.54) is 24.3 Å². The SMILES string of the molecule is FC(F)(F)C(F)(F)C(F)(F)c1nc(Nc2ccccc2)nc(Nc2ccccc2)n1. The Morgan fingerprint density at radius 3 is 1.33 bits per heavy atom. The first kappa shape index (κ1) is 21.3. The molecule has 0 amide bonds. The standard InChI is InChI=1S/C18H12F7N5/c19-16(20,17(21,22)18(23,24)25)13-28-14(26-11-7-3-1-4-8-11)30-15(29-13)27-12-9-5-2-6-10-12/h1-10H,(H2,26,27,28,29,30). The molecule has 0 saturated carbocycles. The van der Waals surface area contributed by atoms with E-state index in [4.69, 9.17) is 0 Å². The van der Waals surface area contributed by atoms with Crippen molar-refractivity contribution in [2.45, 2.75) is 18.0 Å². The molecular formula is C18H12F7N5. The van der Waals surface area contributed by atoms with Gasteiger partial charge in [0.25, 0.3) is 0 Å². The van der Waals surface area contributed by atoms with E-state index in [1.807, 2.05) is 0 Å². The molecule has 5 nitrogen and oxygen atoms in total. The molecule has 3 rings (SSSR count). The molecule has 0 bridgehead atoms. The molecule has 0 radical (unpaired) electrons. The second kappa shape index (κ2) is 7.76. The van der Waals surface area contributed by atoms with Crippen LogP contribution in [0.4, 0.5) is 54.0 Å². The van der Waals surface area contributed by atoms with Crippen LogP contribution in [0.1, 0.15) is 5.82 Å². The molecule has 1 aromatic heterocycles. The highest BCUT2D eigenvalue weighted by Gasteiger charge is 2.75. The zero-order valence-electron chi connectivity index (χ0n) is 14.8. The maximum absolute atomic E-state index is 14.2. The number of benzene rings is 2. The van der Waals surface area contributed by atoms with Crippen LogP contribution in [0.2, 0.25) is 0 Å². The third kappa shape index (κ3) is 4.26. The highest BCUT2D eigenvalue weighted by molar-refractivity contribution is 5.57. The fraction of sp³-hybridized carbons (Fsp3) is 0.167. The summed E-state index contributed by atoms with van der Waals surface area (Å²) < 4.78 is 93.1. The van der Waals surface area contributed by atoms with Crippen LogP contribution in [0.5, 0.6) is 0 Å². The number of para-hydroxylation sites is 2. The lowest BCUT2D eigenvalue weighted by molar-refractivity contribution is -0.361. The normalized spacial score (nSPS) is 12.5. The van der Waals surface area contributed by atoms with Crippen molar-refractivity contribution in [1.29, 1.82) is 0 Å². The molecule has 0 atom stereocenters. The minimum Gasteiger partial charge on any atom is -0.324 e. The van der Waals surface area contributed by atoms with Gasteiger partial charge in [0.1, 0.15) is 0 Å². The average molecular weight is 431 g/mol. The van der Waals surface area contributed by atoms with E-state index in [9.17, 15) is 30.7 Å². The first-order chi connectivity index (χ1) is 14.0. The van der Waals surface area contributed by atoms with Gasteiger partial charge in [-0.15, -0.1) is 0 Å². The largest absolute Gasteiger partial charge is 0.460 e. The van der Waals surface area contributed by atoms with Crippen molar-refractivity contribution >= 4 is 23.3 Å². The first-order valence-electron chi connectivity index (χ1n) is 8.24. The molecule has 2 N–H and O–H groups in total. The summed E-state index contributed by atoms with van der Waals surface area (Å²) in [6.07, 6.45) is -6.52. The number of hydrogen-bond acceptors (Lipinski definition) is 5. The van der Waals surface area contributed by atoms with Crippen LogP contribution in [0.3, 0.4) is 0 Å². The van der Waals surface area contributed by atoms with Crippen molar-refractivity contribution in [3.63, 3.8) is 0 Å². The smallest absolute Gasteiger partial charge is 0.324 e. The minimum absolute atomic E-state index is 0.284. The molecule has 0 aliphatic carbocycles. The number of aromatic nitrogens is 3. The van der Waals surface area contributed by atoms with E-state index in [2.05, 4.69) is 25.6 Å². The second-order valence-corrected chi connectivity index (χ2v) is 5.93. The number of nitrogens with zero attached hydrogens (tertiary/aromatic N) is 3. The predicted octanol–water partition coefficient (Wildman–Crippen LogP) is 5.65. The van der Waals surface area contributed by atoms with Gasteiger partial charge in [-0.2, -0.15) is 45.7 Å². The van der Waals surface area contributed by atoms with Crippen molar-refractivity contribution < 1.29 is 30.7 Å². The highest BCUT2D eigenvalue weighted by atomic mass is 19.4. The van der Waals surface area contributed by atoms with Crippen molar-refractivity contribution in [3.8, 4) is 0 Å². The van der Waals surface area contributed by atoms with Crippen LogP contribution in [-0.2, 0) is 5.92 Å². The summed E-state index contributed by atoms with van der Waals surface area (Å²) >= 11 is 0. The topological polar surface area (TPSA) is 62.7 Å². The summed E-state index contributed by atoms with van der Waals surface area (Å²) in [6, 6.07) is 15.5. The van der Waals surface area contributed by atoms with Crippen LogP contribution >= 0.6 is 0 Å². The number of nitrogens with one attached hydrogen (secondary N) is 2. The van der Waals surface area contributed by atoms with Crippen LogP contribution < -0.4 is 10.6 Å². The van der Waals surface area contributed by atoms with Gasteiger partial charge in [0.05, 0.1) is 0 Å². The summed E-state index contributed by atoms with van der Waals surface area (Å²) in [5.41, 5.74) is 0.567. The maximum atomic E-state index is 14.2. The molecule has 0 aliphatic rings. The van der Waals surface area contributed by atoms with Gasteiger partial charge in [0.2, 0.25) is 17.7 Å². The van der Waals surface area contributed by atoms with Gasteiger partial charge in [-0.1, -0.05) is 36.4 Å². The van der Waals surface area contributed by atoms with Crippen LogP contribution in [0.25, 0.3) is 0 Å². The Balaban J connectivity index is 2.07. The molecule has 158 valence electrons. The van der Waals surface area contributed by atoms with E-state index < -0.39 is 35.7 Å². The second-order valence-electron chi connectivity index (χ2n) is 5.93. The molecule has 2 aromatic carbocycles. The van der Waals surface area contributed by atoms with Gasteiger partial charge in [0, 0.05) is 11.4 Å². The Hall–Kier alpha value is -3.44. The number of alkyl halides is 7. The third-order valence-corrected chi connectivity index (χ3v) is 3.73. The monoisotopic (exact) mass is 431 g/mol. The van der Waals surface area contributed by atoms with Gasteiger partial charge >= 0.3 is 18.0 Å². The van der Waals surface area contributed by atoms with Crippen molar-refractivity contribution in [2.24, 2.45) is 0 Å². The predicted molar refractivity (Wildman–Crippen MR) is 94.2 cm³/mol. The van der Waals surface area contributed by atoms with E-state index in [0.717, 1.165) is 0 Å². The summed E-state index contributed by atoms with van der Waals surface area (Å²) in [6.45, 7) is 0. The lowest BCUT2D eigenvalue weighted by Gasteiger charge is -2.27. The van der Waals surface area contributed by atoms with E-state index in [-0.39, 0.29) is 11.4 Å².